The molecule has 1 heterocycles. The molecule has 0 aliphatic carbocycles. The number of hydrogen-bond acceptors (Lipinski definition) is 5. The molecule has 25 heavy (non-hydrogen) atoms. The van der Waals surface area contributed by atoms with Gasteiger partial charge in [-0.2, -0.15) is 0 Å². The van der Waals surface area contributed by atoms with Crippen molar-refractivity contribution in [1.29, 1.82) is 0 Å². The van der Waals surface area contributed by atoms with E-state index in [4.69, 9.17) is 4.74 Å². The molecule has 0 saturated heterocycles. The topological polar surface area (TPSA) is 105 Å². The highest BCUT2D eigenvalue weighted by Crippen LogP contribution is 2.36. The van der Waals surface area contributed by atoms with Crippen molar-refractivity contribution in [2.45, 2.75) is 45.2 Å². The molecule has 8 nitrogen and oxygen atoms in total. The maximum absolute atomic E-state index is 14.3. The molecule has 0 aromatic heterocycles. The molecule has 1 N–H and O–H groups in total. The van der Waals surface area contributed by atoms with Gasteiger partial charge in [-0.25, -0.2) is 19.1 Å². The minimum atomic E-state index is -1.25. The van der Waals surface area contributed by atoms with Crippen molar-refractivity contribution in [2.75, 3.05) is 6.61 Å². The lowest BCUT2D eigenvalue weighted by Gasteiger charge is -2.38. The third-order valence-corrected chi connectivity index (χ3v) is 3.96. The number of nitro benzene ring substituents is 1. The van der Waals surface area contributed by atoms with Gasteiger partial charge in [-0.05, 0) is 33.8 Å². The van der Waals surface area contributed by atoms with Gasteiger partial charge in [-0.3, -0.25) is 10.1 Å². The second-order valence-electron chi connectivity index (χ2n) is 6.98. The summed E-state index contributed by atoms with van der Waals surface area (Å²) in [7, 11) is 0. The van der Waals surface area contributed by atoms with Gasteiger partial charge in [0.25, 0.3) is 11.7 Å². The number of nitrogens with zero attached hydrogens (tertiary/aromatic N) is 3. The van der Waals surface area contributed by atoms with E-state index in [2.05, 4.69) is 4.99 Å². The van der Waals surface area contributed by atoms with E-state index >= 15 is 0 Å². The van der Waals surface area contributed by atoms with E-state index in [-0.39, 0.29) is 30.3 Å². The van der Waals surface area contributed by atoms with Gasteiger partial charge in [0.15, 0.2) is 0 Å². The first-order valence-corrected chi connectivity index (χ1v) is 7.66. The van der Waals surface area contributed by atoms with Crippen LogP contribution in [0.25, 0.3) is 0 Å². The number of carboxylic acid groups (broad SMARTS) is 1. The molecule has 1 aromatic rings. The van der Waals surface area contributed by atoms with Crippen LogP contribution < -0.4 is 0 Å². The molecule has 0 bridgehead atoms. The van der Waals surface area contributed by atoms with E-state index in [1.54, 1.807) is 27.7 Å². The Balaban J connectivity index is 2.56. The van der Waals surface area contributed by atoms with Crippen LogP contribution >= 0.6 is 0 Å². The number of nitro groups is 1. The average molecular weight is 353 g/mol. The third-order valence-electron chi connectivity index (χ3n) is 3.96. The Bertz CT molecular complexity index is 744. The van der Waals surface area contributed by atoms with Crippen LogP contribution in [0.5, 0.6) is 0 Å². The van der Waals surface area contributed by atoms with Crippen LogP contribution in [0.2, 0.25) is 0 Å². The van der Waals surface area contributed by atoms with Crippen LogP contribution in [-0.2, 0) is 10.3 Å². The molecular formula is C16H20FN3O5. The first-order chi connectivity index (χ1) is 11.5. The van der Waals surface area contributed by atoms with E-state index in [0.717, 1.165) is 23.1 Å². The lowest BCUT2D eigenvalue weighted by atomic mass is 9.88. The SMILES string of the molecule is CC(C)(C)N(C(=O)O)C1=N[C@](C)(c2cc([N+](=O)[O-])ccc2F)CCO1. The summed E-state index contributed by atoms with van der Waals surface area (Å²) in [6.07, 6.45) is -0.998. The summed E-state index contributed by atoms with van der Waals surface area (Å²) in [6.45, 7) is 6.73. The Morgan fingerprint density at radius 1 is 1.48 bits per heavy atom. The number of halogens is 1. The van der Waals surface area contributed by atoms with Gasteiger partial charge in [-0.15, -0.1) is 0 Å². The molecule has 1 aromatic carbocycles. The summed E-state index contributed by atoms with van der Waals surface area (Å²) in [4.78, 5) is 27.2. The number of amidine groups is 1. The number of benzene rings is 1. The molecule has 0 spiro atoms. The molecule has 0 fully saturated rings. The van der Waals surface area contributed by atoms with Crippen LogP contribution in [0.4, 0.5) is 14.9 Å². The summed E-state index contributed by atoms with van der Waals surface area (Å²) < 4.78 is 19.7. The van der Waals surface area contributed by atoms with Crippen molar-refractivity contribution in [3.8, 4) is 0 Å². The average Bonchev–Trinajstić information content (AvgIpc) is 2.45. The van der Waals surface area contributed by atoms with Crippen LogP contribution in [0.1, 0.15) is 39.7 Å². The van der Waals surface area contributed by atoms with E-state index in [1.807, 2.05) is 0 Å². The van der Waals surface area contributed by atoms with Crippen molar-refractivity contribution in [3.63, 3.8) is 0 Å². The van der Waals surface area contributed by atoms with Gasteiger partial charge in [0.05, 0.1) is 17.1 Å². The summed E-state index contributed by atoms with van der Waals surface area (Å²) in [6, 6.07) is 3.07. The van der Waals surface area contributed by atoms with Crippen LogP contribution in [0.15, 0.2) is 23.2 Å². The molecular weight excluding hydrogens is 333 g/mol. The van der Waals surface area contributed by atoms with Crippen LogP contribution in [0, 0.1) is 15.9 Å². The van der Waals surface area contributed by atoms with Crippen LogP contribution in [0.3, 0.4) is 0 Å². The Morgan fingerprint density at radius 3 is 2.64 bits per heavy atom. The zero-order chi connectivity index (χ0) is 19.0. The van der Waals surface area contributed by atoms with E-state index < -0.39 is 27.9 Å². The quantitative estimate of drug-likeness (QED) is 0.647. The van der Waals surface area contributed by atoms with Crippen molar-refractivity contribution in [3.05, 3.63) is 39.7 Å². The van der Waals surface area contributed by atoms with Gasteiger partial charge < -0.3 is 9.84 Å². The summed E-state index contributed by atoms with van der Waals surface area (Å²) in [5, 5.41) is 20.5. The molecule has 1 aliphatic heterocycles. The monoisotopic (exact) mass is 353 g/mol. The Labute approximate surface area is 144 Å². The van der Waals surface area contributed by atoms with Gasteiger partial charge >= 0.3 is 6.09 Å². The number of rotatable bonds is 2. The summed E-state index contributed by atoms with van der Waals surface area (Å²) in [5.41, 5.74) is -2.24. The number of ether oxygens (including phenoxy) is 1. The lowest BCUT2D eigenvalue weighted by Crippen LogP contribution is -2.52. The maximum atomic E-state index is 14.3. The fourth-order valence-electron chi connectivity index (χ4n) is 2.65. The molecule has 136 valence electrons. The predicted octanol–water partition coefficient (Wildman–Crippen LogP) is 3.50. The smallest absolute Gasteiger partial charge is 0.415 e. The van der Waals surface area contributed by atoms with Crippen molar-refractivity contribution < 1.29 is 24.0 Å². The highest BCUT2D eigenvalue weighted by atomic mass is 19.1. The molecule has 2 rings (SSSR count). The van der Waals surface area contributed by atoms with Crippen molar-refractivity contribution in [2.24, 2.45) is 4.99 Å². The van der Waals surface area contributed by atoms with Crippen LogP contribution in [-0.4, -0.2) is 39.2 Å². The maximum Gasteiger partial charge on any atom is 0.415 e. The van der Waals surface area contributed by atoms with E-state index in [9.17, 15) is 24.4 Å². The second-order valence-corrected chi connectivity index (χ2v) is 6.98. The van der Waals surface area contributed by atoms with Gasteiger partial charge in [0.1, 0.15) is 5.82 Å². The minimum Gasteiger partial charge on any atom is -0.465 e. The fraction of sp³-hybridized carbons (Fsp3) is 0.500. The number of non-ortho nitro benzene ring substituents is 1. The first-order valence-electron chi connectivity index (χ1n) is 7.66. The molecule has 9 heteroatoms. The van der Waals surface area contributed by atoms with E-state index in [0.29, 0.717) is 0 Å². The number of amides is 1. The first kappa shape index (κ1) is 18.6. The standard InChI is InChI=1S/C16H20FN3O5/c1-15(2,3)19(14(21)22)13-18-16(4,7-8-25-13)11-9-10(20(23)24)5-6-12(11)17/h5-6,9H,7-8H2,1-4H3,(H,21,22)/t16-/m0/s1. The van der Waals surface area contributed by atoms with E-state index in [1.165, 1.54) is 0 Å². The molecule has 1 aliphatic rings. The Morgan fingerprint density at radius 2 is 2.12 bits per heavy atom. The molecule has 0 radical (unpaired) electrons. The zero-order valence-corrected chi connectivity index (χ0v) is 14.4. The number of carbonyl (C=O) groups is 1. The molecule has 1 atom stereocenters. The van der Waals surface area contributed by atoms with Gasteiger partial charge in [0, 0.05) is 29.7 Å². The molecule has 0 saturated carbocycles. The summed E-state index contributed by atoms with van der Waals surface area (Å²) in [5.74, 6) is -0.643. The lowest BCUT2D eigenvalue weighted by molar-refractivity contribution is -0.385. The largest absolute Gasteiger partial charge is 0.465 e. The zero-order valence-electron chi connectivity index (χ0n) is 14.4. The number of hydrogen-bond donors (Lipinski definition) is 1. The Hall–Kier alpha value is -2.71. The predicted molar refractivity (Wildman–Crippen MR) is 88.0 cm³/mol. The molecule has 0 unspecified atom stereocenters. The van der Waals surface area contributed by atoms with Gasteiger partial charge in [0.2, 0.25) is 0 Å². The van der Waals surface area contributed by atoms with Gasteiger partial charge in [-0.1, -0.05) is 0 Å². The minimum absolute atomic E-state index is 0.0294. The molecule has 1 amide bonds. The second kappa shape index (κ2) is 6.30. The normalized spacial score (nSPS) is 20.4. The van der Waals surface area contributed by atoms with Crippen molar-refractivity contribution in [1.82, 2.24) is 4.90 Å². The highest BCUT2D eigenvalue weighted by molar-refractivity contribution is 5.91. The fourth-order valence-corrected chi connectivity index (χ4v) is 2.65. The van der Waals surface area contributed by atoms with Crippen molar-refractivity contribution >= 4 is 17.8 Å². The summed E-state index contributed by atoms with van der Waals surface area (Å²) >= 11 is 0. The Kier molecular flexibility index (Phi) is 4.70. The highest BCUT2D eigenvalue weighted by Gasteiger charge is 2.40. The third kappa shape index (κ3) is 3.70. The number of aliphatic imine (C=N–C) groups is 1.